The molecule has 4 heterocycles. The molecule has 4 aliphatic heterocycles. The predicted molar refractivity (Wildman–Crippen MR) is 145 cm³/mol. The van der Waals surface area contributed by atoms with Crippen LogP contribution in [0.3, 0.4) is 0 Å². The monoisotopic (exact) mass is 707 g/mol. The zero-order valence-corrected chi connectivity index (χ0v) is 25.5. The molecule has 22 heteroatoms. The SMILES string of the molecule is CC(=O)N[C@H]1[C@H](O[C@@H]2[C@@H](O)[C@H]([C@H](O)CO)O[C@H]2O)O[C@H](CO)[C@@H](O)[C@@H]1O[C@@H]1O[C@@H]([C@H](O)CO)[C@H](O[C@H]2O[C@H](CO)[C@@H](O)[C@H](O)[C@H]2O)[C@H]1O. The van der Waals surface area contributed by atoms with E-state index in [4.69, 9.17) is 33.2 Å². The minimum absolute atomic E-state index is 0.747. The van der Waals surface area contributed by atoms with E-state index in [9.17, 15) is 71.2 Å². The highest BCUT2D eigenvalue weighted by atomic mass is 16.8. The number of ether oxygens (including phenoxy) is 7. The van der Waals surface area contributed by atoms with E-state index in [1.165, 1.54) is 0 Å². The minimum atomic E-state index is -1.95. The molecule has 280 valence electrons. The minimum Gasteiger partial charge on any atom is -0.394 e. The molecule has 0 aliphatic carbocycles. The van der Waals surface area contributed by atoms with Gasteiger partial charge in [0.15, 0.2) is 25.2 Å². The number of nitrogens with one attached hydrogen (secondary N) is 1. The molecule has 0 aromatic rings. The number of aliphatic hydroxyl groups excluding tert-OH is 13. The van der Waals surface area contributed by atoms with Crippen LogP contribution in [0.4, 0.5) is 0 Å². The lowest BCUT2D eigenvalue weighted by molar-refractivity contribution is -0.323. The van der Waals surface area contributed by atoms with E-state index in [-0.39, 0.29) is 0 Å². The van der Waals surface area contributed by atoms with Crippen molar-refractivity contribution in [2.75, 3.05) is 26.4 Å². The molecule has 0 saturated carbocycles. The maximum absolute atomic E-state index is 12.2. The predicted octanol–water partition coefficient (Wildman–Crippen LogP) is -9.61. The molecule has 4 aliphatic rings. The average Bonchev–Trinajstić information content (AvgIpc) is 3.52. The second-order valence-corrected chi connectivity index (χ2v) is 11.9. The highest BCUT2D eigenvalue weighted by molar-refractivity contribution is 5.73. The van der Waals surface area contributed by atoms with Crippen LogP contribution in [-0.2, 0) is 38.0 Å². The molecule has 4 saturated heterocycles. The highest BCUT2D eigenvalue weighted by Gasteiger charge is 2.57. The van der Waals surface area contributed by atoms with E-state index in [0.717, 1.165) is 6.92 Å². The van der Waals surface area contributed by atoms with Gasteiger partial charge in [-0.1, -0.05) is 0 Å². The molecule has 4 fully saturated rings. The topological polar surface area (TPSA) is 357 Å². The summed E-state index contributed by atoms with van der Waals surface area (Å²) in [6.07, 6.45) is -33.0. The Morgan fingerprint density at radius 1 is 0.604 bits per heavy atom. The maximum atomic E-state index is 12.2. The number of rotatable bonds is 13. The van der Waals surface area contributed by atoms with E-state index < -0.39 is 155 Å². The van der Waals surface area contributed by atoms with Crippen molar-refractivity contribution in [1.82, 2.24) is 5.32 Å². The van der Waals surface area contributed by atoms with Crippen LogP contribution in [0.1, 0.15) is 6.92 Å². The van der Waals surface area contributed by atoms with Gasteiger partial charge in [-0.3, -0.25) is 4.79 Å². The normalized spacial score (nSPS) is 48.0. The van der Waals surface area contributed by atoms with Crippen molar-refractivity contribution in [1.29, 1.82) is 0 Å². The van der Waals surface area contributed by atoms with Crippen molar-refractivity contribution < 1.29 is 104 Å². The lowest BCUT2D eigenvalue weighted by atomic mass is 9.96. The first-order chi connectivity index (χ1) is 22.7. The maximum Gasteiger partial charge on any atom is 0.217 e. The summed E-state index contributed by atoms with van der Waals surface area (Å²) in [5, 5.41) is 135. The number of amides is 1. The number of aliphatic hydroxyl groups is 13. The van der Waals surface area contributed by atoms with E-state index in [0.29, 0.717) is 0 Å². The van der Waals surface area contributed by atoms with Crippen molar-refractivity contribution in [2.24, 2.45) is 0 Å². The number of hydrogen-bond acceptors (Lipinski definition) is 21. The lowest BCUT2D eigenvalue weighted by Crippen LogP contribution is -2.67. The summed E-state index contributed by atoms with van der Waals surface area (Å²) >= 11 is 0. The first-order valence-electron chi connectivity index (χ1n) is 15.1. The van der Waals surface area contributed by atoms with Crippen LogP contribution in [0.25, 0.3) is 0 Å². The quantitative estimate of drug-likeness (QED) is 0.0844. The number of carbonyl (C=O) groups excluding carboxylic acids is 1. The fourth-order valence-corrected chi connectivity index (χ4v) is 5.97. The second-order valence-electron chi connectivity index (χ2n) is 11.9. The van der Waals surface area contributed by atoms with Gasteiger partial charge >= 0.3 is 0 Å². The van der Waals surface area contributed by atoms with Gasteiger partial charge < -0.3 is 105 Å². The molecule has 0 spiro atoms. The Bertz CT molecular complexity index is 1030. The fourth-order valence-electron chi connectivity index (χ4n) is 5.97. The summed E-state index contributed by atoms with van der Waals surface area (Å²) in [4.78, 5) is 12.2. The Labute approximate surface area is 272 Å². The molecule has 14 N–H and O–H groups in total. The first-order valence-corrected chi connectivity index (χ1v) is 15.1. The molecule has 0 aromatic carbocycles. The van der Waals surface area contributed by atoms with Gasteiger partial charge in [0.25, 0.3) is 0 Å². The largest absolute Gasteiger partial charge is 0.394 e. The van der Waals surface area contributed by atoms with Gasteiger partial charge in [-0.05, 0) is 0 Å². The van der Waals surface area contributed by atoms with E-state index in [2.05, 4.69) is 5.32 Å². The highest BCUT2D eigenvalue weighted by Crippen LogP contribution is 2.36. The second kappa shape index (κ2) is 16.8. The molecule has 4 rings (SSSR count). The van der Waals surface area contributed by atoms with E-state index in [1.807, 2.05) is 0 Å². The summed E-state index contributed by atoms with van der Waals surface area (Å²) in [6.45, 7) is -2.42. The molecule has 0 aromatic heterocycles. The summed E-state index contributed by atoms with van der Waals surface area (Å²) in [7, 11) is 0. The summed E-state index contributed by atoms with van der Waals surface area (Å²) in [5.74, 6) is -0.747. The molecule has 20 atom stereocenters. The summed E-state index contributed by atoms with van der Waals surface area (Å²) in [5.41, 5.74) is 0. The zero-order chi connectivity index (χ0) is 35.6. The van der Waals surface area contributed by atoms with Gasteiger partial charge in [0.1, 0.15) is 97.6 Å². The van der Waals surface area contributed by atoms with Crippen molar-refractivity contribution in [2.45, 2.75) is 130 Å². The summed E-state index contributed by atoms with van der Waals surface area (Å²) < 4.78 is 38.8. The van der Waals surface area contributed by atoms with Crippen LogP contribution in [0.5, 0.6) is 0 Å². The van der Waals surface area contributed by atoms with Gasteiger partial charge in [-0.25, -0.2) is 0 Å². The van der Waals surface area contributed by atoms with Crippen LogP contribution in [0.15, 0.2) is 0 Å². The van der Waals surface area contributed by atoms with Crippen LogP contribution in [0.2, 0.25) is 0 Å². The third-order valence-corrected chi connectivity index (χ3v) is 8.56. The first kappa shape index (κ1) is 39.5. The van der Waals surface area contributed by atoms with Crippen molar-refractivity contribution in [3.05, 3.63) is 0 Å². The zero-order valence-electron chi connectivity index (χ0n) is 25.5. The van der Waals surface area contributed by atoms with Gasteiger partial charge in [0.05, 0.1) is 26.4 Å². The van der Waals surface area contributed by atoms with Crippen LogP contribution >= 0.6 is 0 Å². The number of carbonyl (C=O) groups is 1. The smallest absolute Gasteiger partial charge is 0.217 e. The van der Waals surface area contributed by atoms with Crippen LogP contribution in [-0.4, -0.2) is 221 Å². The van der Waals surface area contributed by atoms with Crippen molar-refractivity contribution >= 4 is 5.91 Å². The lowest BCUT2D eigenvalue weighted by Gasteiger charge is -2.45. The molecule has 0 unspecified atom stereocenters. The van der Waals surface area contributed by atoms with Crippen LogP contribution < -0.4 is 5.32 Å². The third kappa shape index (κ3) is 8.08. The Kier molecular flexibility index (Phi) is 13.8. The third-order valence-electron chi connectivity index (χ3n) is 8.56. The molecular weight excluding hydrogens is 662 g/mol. The van der Waals surface area contributed by atoms with Gasteiger partial charge in [0, 0.05) is 6.92 Å². The van der Waals surface area contributed by atoms with Gasteiger partial charge in [-0.15, -0.1) is 0 Å². The average molecular weight is 708 g/mol. The Morgan fingerprint density at radius 2 is 1.12 bits per heavy atom. The van der Waals surface area contributed by atoms with E-state index >= 15 is 0 Å². The standard InChI is InChI=1S/C26H45NO21/c1-6(32)27-11-20(13(36)10(5-31)42-24(11)48-22-16(39)18(7(33)2-28)44-23(22)41)46-26-17(40)21(19(45-26)8(34)3-29)47-25-15(38)14(37)12(35)9(4-30)43-25/h7-26,28-31,33-41H,2-5H2,1H3,(H,27,32)/t7-,8-,9-,10-,11-,12-,13-,14+,15-,16+,17-,18+,19+,20-,21-,22-,23-,24+,25-,26+/m1/s1. The van der Waals surface area contributed by atoms with Gasteiger partial charge in [0.2, 0.25) is 5.91 Å². The molecule has 0 radical (unpaired) electrons. The van der Waals surface area contributed by atoms with E-state index in [1.54, 1.807) is 0 Å². The fraction of sp³-hybridized carbons (Fsp3) is 0.962. The van der Waals surface area contributed by atoms with Gasteiger partial charge in [-0.2, -0.15) is 0 Å². The molecule has 48 heavy (non-hydrogen) atoms. The number of hydrogen-bond donors (Lipinski definition) is 14. The molecule has 0 bridgehead atoms. The van der Waals surface area contributed by atoms with Crippen molar-refractivity contribution in [3.63, 3.8) is 0 Å². The Morgan fingerprint density at radius 3 is 1.71 bits per heavy atom. The Hall–Kier alpha value is -1.33. The van der Waals surface area contributed by atoms with Crippen LogP contribution in [0, 0.1) is 0 Å². The Balaban J connectivity index is 1.58. The molecule has 22 nitrogen and oxygen atoms in total. The van der Waals surface area contributed by atoms with Crippen molar-refractivity contribution in [3.8, 4) is 0 Å². The summed E-state index contributed by atoms with van der Waals surface area (Å²) in [6, 6.07) is -1.57. The molecule has 1 amide bonds. The molecular formula is C26H45NO21.